The maximum atomic E-state index is 11.1. The molecule has 2 atom stereocenters. The Morgan fingerprint density at radius 3 is 2.36 bits per heavy atom. The summed E-state index contributed by atoms with van der Waals surface area (Å²) in [7, 11) is 0. The summed E-state index contributed by atoms with van der Waals surface area (Å²) in [6, 6.07) is 0. The van der Waals surface area contributed by atoms with Gasteiger partial charge in [-0.2, -0.15) is 0 Å². The van der Waals surface area contributed by atoms with Crippen molar-refractivity contribution >= 4 is 5.91 Å². The predicted octanol–water partition coefficient (Wildman–Crippen LogP) is 1.39. The van der Waals surface area contributed by atoms with E-state index in [1.165, 1.54) is 0 Å². The molecule has 2 saturated heterocycles. The first-order valence-electron chi connectivity index (χ1n) is 5.86. The Bertz CT molecular complexity index is 159. The van der Waals surface area contributed by atoms with Crippen molar-refractivity contribution in [2.45, 2.75) is 34.1 Å². The minimum Gasteiger partial charge on any atom is -0.356 e. The SMILES string of the molecule is CC.CC.O=C1NCC2CCNCC12. The van der Waals surface area contributed by atoms with E-state index in [4.69, 9.17) is 0 Å². The lowest BCUT2D eigenvalue weighted by Crippen LogP contribution is -2.37. The van der Waals surface area contributed by atoms with Crippen LogP contribution in [0.3, 0.4) is 0 Å². The molecule has 84 valence electrons. The van der Waals surface area contributed by atoms with E-state index in [1.807, 2.05) is 27.7 Å². The van der Waals surface area contributed by atoms with Gasteiger partial charge in [0.25, 0.3) is 0 Å². The zero-order valence-corrected chi connectivity index (χ0v) is 9.89. The minimum atomic E-state index is 0.247. The van der Waals surface area contributed by atoms with Crippen molar-refractivity contribution in [3.05, 3.63) is 0 Å². The fraction of sp³-hybridized carbons (Fsp3) is 0.909. The van der Waals surface area contributed by atoms with Crippen LogP contribution in [0.4, 0.5) is 0 Å². The molecule has 0 radical (unpaired) electrons. The van der Waals surface area contributed by atoms with Crippen molar-refractivity contribution < 1.29 is 4.79 Å². The topological polar surface area (TPSA) is 41.1 Å². The first-order valence-corrected chi connectivity index (χ1v) is 5.86. The van der Waals surface area contributed by atoms with E-state index in [1.54, 1.807) is 0 Å². The molecule has 3 nitrogen and oxygen atoms in total. The Hall–Kier alpha value is -0.570. The third-order valence-electron chi connectivity index (χ3n) is 2.50. The standard InChI is InChI=1S/C7H12N2O.2C2H6/c10-7-6-4-8-2-1-5(6)3-9-7;2*1-2/h5-6,8H,1-4H2,(H,9,10);2*1-2H3. The summed E-state index contributed by atoms with van der Waals surface area (Å²) in [5, 5.41) is 6.11. The summed E-state index contributed by atoms with van der Waals surface area (Å²) < 4.78 is 0. The Balaban J connectivity index is 0.000000379. The first kappa shape index (κ1) is 13.4. The lowest BCUT2D eigenvalue weighted by molar-refractivity contribution is -0.123. The van der Waals surface area contributed by atoms with Gasteiger partial charge in [0.1, 0.15) is 0 Å². The number of nitrogens with one attached hydrogen (secondary N) is 2. The third-order valence-corrected chi connectivity index (χ3v) is 2.50. The number of carbonyl (C=O) groups is 1. The molecule has 2 heterocycles. The molecule has 2 N–H and O–H groups in total. The van der Waals surface area contributed by atoms with E-state index in [0.717, 1.165) is 26.1 Å². The van der Waals surface area contributed by atoms with Crippen molar-refractivity contribution in [1.82, 2.24) is 10.6 Å². The molecule has 0 saturated carbocycles. The van der Waals surface area contributed by atoms with Crippen LogP contribution in [0.15, 0.2) is 0 Å². The maximum Gasteiger partial charge on any atom is 0.224 e. The molecular formula is C11H24N2O. The molecule has 3 heteroatoms. The molecule has 0 bridgehead atoms. The number of carbonyl (C=O) groups excluding carboxylic acids is 1. The van der Waals surface area contributed by atoms with Crippen LogP contribution in [0.1, 0.15) is 34.1 Å². The molecular weight excluding hydrogens is 176 g/mol. The van der Waals surface area contributed by atoms with Crippen LogP contribution in [0.25, 0.3) is 0 Å². The van der Waals surface area contributed by atoms with E-state index < -0.39 is 0 Å². The number of hydrogen-bond donors (Lipinski definition) is 2. The van der Waals surface area contributed by atoms with Crippen LogP contribution in [-0.2, 0) is 4.79 Å². The Kier molecular flexibility index (Phi) is 7.48. The zero-order chi connectivity index (χ0) is 11.0. The monoisotopic (exact) mass is 200 g/mol. The average Bonchev–Trinajstić information content (AvgIpc) is 2.67. The Labute approximate surface area is 87.6 Å². The van der Waals surface area contributed by atoms with Gasteiger partial charge in [-0.1, -0.05) is 27.7 Å². The molecule has 0 aromatic heterocycles. The second-order valence-electron chi connectivity index (χ2n) is 3.10. The largest absolute Gasteiger partial charge is 0.356 e. The summed E-state index contributed by atoms with van der Waals surface area (Å²) in [6.07, 6.45) is 1.16. The van der Waals surface area contributed by atoms with Crippen molar-refractivity contribution in [2.75, 3.05) is 19.6 Å². The van der Waals surface area contributed by atoms with Crippen LogP contribution in [0.5, 0.6) is 0 Å². The van der Waals surface area contributed by atoms with Gasteiger partial charge in [-0.3, -0.25) is 4.79 Å². The van der Waals surface area contributed by atoms with E-state index in [-0.39, 0.29) is 11.8 Å². The molecule has 0 spiro atoms. The zero-order valence-electron chi connectivity index (χ0n) is 9.89. The van der Waals surface area contributed by atoms with Crippen molar-refractivity contribution in [3.63, 3.8) is 0 Å². The first-order chi connectivity index (χ1) is 6.88. The number of hydrogen-bond acceptors (Lipinski definition) is 2. The van der Waals surface area contributed by atoms with Crippen LogP contribution >= 0.6 is 0 Å². The lowest BCUT2D eigenvalue weighted by atomic mass is 9.89. The summed E-state index contributed by atoms with van der Waals surface area (Å²) in [5.41, 5.74) is 0. The summed E-state index contributed by atoms with van der Waals surface area (Å²) in [6.45, 7) is 10.9. The number of piperidine rings is 1. The van der Waals surface area contributed by atoms with Crippen molar-refractivity contribution in [3.8, 4) is 0 Å². The molecule has 2 rings (SSSR count). The van der Waals surface area contributed by atoms with E-state index in [0.29, 0.717) is 5.92 Å². The maximum absolute atomic E-state index is 11.1. The predicted molar refractivity (Wildman–Crippen MR) is 60.2 cm³/mol. The molecule has 2 aliphatic heterocycles. The summed E-state index contributed by atoms with van der Waals surface area (Å²) in [5.74, 6) is 1.14. The smallest absolute Gasteiger partial charge is 0.224 e. The van der Waals surface area contributed by atoms with Gasteiger partial charge in [0.2, 0.25) is 5.91 Å². The number of amides is 1. The summed E-state index contributed by atoms with van der Waals surface area (Å²) >= 11 is 0. The quantitative estimate of drug-likeness (QED) is 0.620. The van der Waals surface area contributed by atoms with Crippen LogP contribution in [0, 0.1) is 11.8 Å². The third kappa shape index (κ3) is 3.29. The number of fused-ring (bicyclic) bond motifs is 1. The van der Waals surface area contributed by atoms with Gasteiger partial charge in [0.05, 0.1) is 5.92 Å². The van der Waals surface area contributed by atoms with Gasteiger partial charge in [0, 0.05) is 13.1 Å². The van der Waals surface area contributed by atoms with E-state index in [2.05, 4.69) is 10.6 Å². The summed E-state index contributed by atoms with van der Waals surface area (Å²) in [4.78, 5) is 11.1. The van der Waals surface area contributed by atoms with Crippen molar-refractivity contribution in [2.24, 2.45) is 11.8 Å². The van der Waals surface area contributed by atoms with E-state index in [9.17, 15) is 4.79 Å². The molecule has 0 aromatic carbocycles. The second kappa shape index (κ2) is 7.80. The van der Waals surface area contributed by atoms with Crippen molar-refractivity contribution in [1.29, 1.82) is 0 Å². The van der Waals surface area contributed by atoms with Gasteiger partial charge in [0.15, 0.2) is 0 Å². The highest BCUT2D eigenvalue weighted by Crippen LogP contribution is 2.22. The lowest BCUT2D eigenvalue weighted by Gasteiger charge is -2.22. The Morgan fingerprint density at radius 1 is 1.14 bits per heavy atom. The highest BCUT2D eigenvalue weighted by molar-refractivity contribution is 5.81. The molecule has 2 unspecified atom stereocenters. The Morgan fingerprint density at radius 2 is 1.79 bits per heavy atom. The fourth-order valence-electron chi connectivity index (χ4n) is 1.83. The highest BCUT2D eigenvalue weighted by atomic mass is 16.2. The van der Waals surface area contributed by atoms with Crippen LogP contribution in [0.2, 0.25) is 0 Å². The van der Waals surface area contributed by atoms with Crippen LogP contribution < -0.4 is 10.6 Å². The van der Waals surface area contributed by atoms with Gasteiger partial charge < -0.3 is 10.6 Å². The molecule has 2 fully saturated rings. The molecule has 0 aromatic rings. The van der Waals surface area contributed by atoms with E-state index >= 15 is 0 Å². The number of rotatable bonds is 0. The average molecular weight is 200 g/mol. The van der Waals surface area contributed by atoms with Gasteiger partial charge in [-0.15, -0.1) is 0 Å². The molecule has 14 heavy (non-hydrogen) atoms. The van der Waals surface area contributed by atoms with Crippen LogP contribution in [-0.4, -0.2) is 25.5 Å². The molecule has 2 aliphatic rings. The van der Waals surface area contributed by atoms with Gasteiger partial charge in [-0.25, -0.2) is 0 Å². The normalized spacial score (nSPS) is 28.7. The van der Waals surface area contributed by atoms with Gasteiger partial charge >= 0.3 is 0 Å². The molecule has 0 aliphatic carbocycles. The highest BCUT2D eigenvalue weighted by Gasteiger charge is 2.35. The fourth-order valence-corrected chi connectivity index (χ4v) is 1.83. The van der Waals surface area contributed by atoms with Gasteiger partial charge in [-0.05, 0) is 18.9 Å². The minimum absolute atomic E-state index is 0.247. The second-order valence-corrected chi connectivity index (χ2v) is 3.10. The molecule has 1 amide bonds.